The van der Waals surface area contributed by atoms with Gasteiger partial charge in [-0.25, -0.2) is 4.68 Å². The lowest BCUT2D eigenvalue weighted by Gasteiger charge is -2.32. The largest absolute Gasteiger partial charge is 0.498 e. The molecule has 1 saturated heterocycles. The monoisotopic (exact) mass is 333 g/mol. The predicted molar refractivity (Wildman–Crippen MR) is 91.6 cm³/mol. The Morgan fingerprint density at radius 1 is 1.09 bits per heavy atom. The Morgan fingerprint density at radius 2 is 1.70 bits per heavy atom. The fraction of sp³-hybridized carbons (Fsp3) is 0.500. The summed E-state index contributed by atoms with van der Waals surface area (Å²) in [6, 6.07) is 1.84. The van der Waals surface area contributed by atoms with E-state index in [2.05, 4.69) is 10.1 Å². The highest BCUT2D eigenvalue weighted by Crippen LogP contribution is 2.37. The third kappa shape index (κ3) is 2.69. The Morgan fingerprint density at radius 3 is 2.26 bits per heavy atom. The van der Waals surface area contributed by atoms with E-state index in [4.69, 9.17) is 20.9 Å². The van der Waals surface area contributed by atoms with Crippen molar-refractivity contribution in [3.63, 3.8) is 0 Å². The van der Waals surface area contributed by atoms with Gasteiger partial charge in [0.15, 0.2) is 0 Å². The second-order valence-electron chi connectivity index (χ2n) is 6.95. The summed E-state index contributed by atoms with van der Waals surface area (Å²) in [6.45, 7) is 12.1. The van der Waals surface area contributed by atoms with E-state index in [1.54, 1.807) is 12.4 Å². The highest BCUT2D eigenvalue weighted by Gasteiger charge is 2.53. The highest BCUT2D eigenvalue weighted by molar-refractivity contribution is 6.63. The molecule has 5 nitrogen and oxygen atoms in total. The molecule has 0 radical (unpaired) electrons. The van der Waals surface area contributed by atoms with Gasteiger partial charge in [0.25, 0.3) is 0 Å². The zero-order chi connectivity index (χ0) is 17.0. The normalized spacial score (nSPS) is 19.3. The van der Waals surface area contributed by atoms with Crippen molar-refractivity contribution in [2.24, 2.45) is 0 Å². The van der Waals surface area contributed by atoms with Crippen molar-refractivity contribution in [3.8, 4) is 5.69 Å². The van der Waals surface area contributed by atoms with E-state index < -0.39 is 7.12 Å². The predicted octanol–water partition coefficient (Wildman–Crippen LogP) is 2.84. The van der Waals surface area contributed by atoms with Crippen LogP contribution in [0.3, 0.4) is 0 Å². The summed E-state index contributed by atoms with van der Waals surface area (Å²) in [5.41, 5.74) is 2.86. The molecular weight excluding hydrogens is 312 g/mol. The lowest BCUT2D eigenvalue weighted by Crippen LogP contribution is -2.41. The van der Waals surface area contributed by atoms with Gasteiger partial charge in [0, 0.05) is 17.4 Å². The minimum Gasteiger partial charge on any atom is -0.399 e. The molecule has 0 bridgehead atoms. The summed E-state index contributed by atoms with van der Waals surface area (Å²) in [5.74, 6) is 0. The van der Waals surface area contributed by atoms with Crippen LogP contribution < -0.4 is 5.46 Å². The minimum absolute atomic E-state index is 0.379. The van der Waals surface area contributed by atoms with Gasteiger partial charge >= 0.3 is 7.12 Å². The zero-order valence-electron chi connectivity index (χ0n) is 14.3. The van der Waals surface area contributed by atoms with Crippen molar-refractivity contribution in [2.45, 2.75) is 52.7 Å². The second-order valence-corrected chi connectivity index (χ2v) is 7.38. The van der Waals surface area contributed by atoms with Crippen molar-refractivity contribution >= 4 is 24.2 Å². The topological polar surface area (TPSA) is 49.2 Å². The minimum atomic E-state index is -0.430. The number of pyridine rings is 1. The maximum Gasteiger partial charge on any atom is 0.498 e. The zero-order valence-corrected chi connectivity index (χ0v) is 15.1. The molecular formula is C16H21BClN3O2. The fourth-order valence-electron chi connectivity index (χ4n) is 2.72. The number of aromatic nitrogens is 3. The molecule has 23 heavy (non-hydrogen) atoms. The van der Waals surface area contributed by atoms with Gasteiger partial charge in [-0.3, -0.25) is 4.98 Å². The average molecular weight is 334 g/mol. The fourth-order valence-corrected chi connectivity index (χ4v) is 2.89. The number of hydrogen-bond acceptors (Lipinski definition) is 4. The SMILES string of the molecule is Cc1nn(-c2cncc(Cl)c2)c(C)c1B1OC(C)(C)C(C)(C)O1. The first-order valence-corrected chi connectivity index (χ1v) is 8.03. The van der Waals surface area contributed by atoms with Gasteiger partial charge in [-0.1, -0.05) is 11.6 Å². The average Bonchev–Trinajstić information content (AvgIpc) is 2.83. The smallest absolute Gasteiger partial charge is 0.399 e. The van der Waals surface area contributed by atoms with Gasteiger partial charge in [0.05, 0.1) is 33.8 Å². The quantitative estimate of drug-likeness (QED) is 0.793. The van der Waals surface area contributed by atoms with Crippen LogP contribution in [0.5, 0.6) is 0 Å². The van der Waals surface area contributed by atoms with E-state index in [9.17, 15) is 0 Å². The van der Waals surface area contributed by atoms with Gasteiger partial charge < -0.3 is 9.31 Å². The summed E-state index contributed by atoms with van der Waals surface area (Å²) < 4.78 is 14.2. The van der Waals surface area contributed by atoms with Gasteiger partial charge in [0.2, 0.25) is 0 Å². The van der Waals surface area contributed by atoms with Gasteiger partial charge in [-0.15, -0.1) is 0 Å². The third-order valence-corrected chi connectivity index (χ3v) is 4.98. The number of rotatable bonds is 2. The van der Waals surface area contributed by atoms with Gasteiger partial charge in [-0.2, -0.15) is 5.10 Å². The van der Waals surface area contributed by atoms with E-state index in [0.717, 1.165) is 22.5 Å². The number of hydrogen-bond donors (Lipinski definition) is 0. The molecule has 0 amide bonds. The molecule has 0 atom stereocenters. The van der Waals surface area contributed by atoms with Gasteiger partial charge in [0.1, 0.15) is 0 Å². The Balaban J connectivity index is 2.03. The van der Waals surface area contributed by atoms with Crippen LogP contribution in [0.4, 0.5) is 0 Å². The summed E-state index contributed by atoms with van der Waals surface area (Å²) in [7, 11) is -0.430. The van der Waals surface area contributed by atoms with E-state index in [1.807, 2.05) is 52.3 Å². The molecule has 0 unspecified atom stereocenters. The standard InChI is InChI=1S/C16H21BClN3O2/c1-10-14(17-22-15(3,4)16(5,6)23-17)11(2)21(20-10)13-7-12(18)8-19-9-13/h7-9H,1-6H3. The van der Waals surface area contributed by atoms with Crippen LogP contribution in [0.25, 0.3) is 5.69 Å². The molecule has 0 saturated carbocycles. The maximum absolute atomic E-state index is 6.17. The molecule has 1 aliphatic rings. The summed E-state index contributed by atoms with van der Waals surface area (Å²) in [4.78, 5) is 4.13. The number of aryl methyl sites for hydroxylation is 1. The Kier molecular flexibility index (Phi) is 3.82. The molecule has 3 heterocycles. The van der Waals surface area contributed by atoms with Gasteiger partial charge in [-0.05, 0) is 47.6 Å². The lowest BCUT2D eigenvalue weighted by atomic mass is 9.77. The molecule has 0 N–H and O–H groups in total. The van der Waals surface area contributed by atoms with Crippen LogP contribution in [0.15, 0.2) is 18.5 Å². The van der Waals surface area contributed by atoms with E-state index in [0.29, 0.717) is 5.02 Å². The lowest BCUT2D eigenvalue weighted by molar-refractivity contribution is 0.00578. The van der Waals surface area contributed by atoms with Crippen LogP contribution in [0.2, 0.25) is 5.02 Å². The molecule has 1 aliphatic heterocycles. The van der Waals surface area contributed by atoms with Crippen LogP contribution in [0, 0.1) is 13.8 Å². The van der Waals surface area contributed by atoms with E-state index in [-0.39, 0.29) is 11.2 Å². The van der Waals surface area contributed by atoms with Crippen molar-refractivity contribution in [1.29, 1.82) is 0 Å². The van der Waals surface area contributed by atoms with Crippen LogP contribution in [-0.2, 0) is 9.31 Å². The molecule has 2 aromatic heterocycles. The Hall–Kier alpha value is -1.37. The molecule has 3 rings (SSSR count). The van der Waals surface area contributed by atoms with Crippen LogP contribution in [0.1, 0.15) is 39.1 Å². The number of nitrogens with zero attached hydrogens (tertiary/aromatic N) is 3. The second kappa shape index (κ2) is 5.33. The van der Waals surface area contributed by atoms with E-state index in [1.165, 1.54) is 0 Å². The first kappa shape index (κ1) is 16.5. The Labute approximate surface area is 142 Å². The summed E-state index contributed by atoms with van der Waals surface area (Å²) in [5, 5.41) is 5.20. The van der Waals surface area contributed by atoms with Crippen molar-refractivity contribution in [1.82, 2.24) is 14.8 Å². The van der Waals surface area contributed by atoms with E-state index >= 15 is 0 Å². The third-order valence-electron chi connectivity index (χ3n) is 4.77. The molecule has 122 valence electrons. The molecule has 0 spiro atoms. The van der Waals surface area contributed by atoms with Crippen molar-refractivity contribution in [3.05, 3.63) is 34.9 Å². The molecule has 0 aromatic carbocycles. The molecule has 7 heteroatoms. The molecule has 1 fully saturated rings. The summed E-state index contributed by atoms with van der Waals surface area (Å²) >= 11 is 6.04. The molecule has 2 aromatic rings. The van der Waals surface area contributed by atoms with Crippen LogP contribution >= 0.6 is 11.6 Å². The number of halogens is 1. The first-order chi connectivity index (χ1) is 10.6. The maximum atomic E-state index is 6.17. The Bertz CT molecular complexity index is 742. The summed E-state index contributed by atoms with van der Waals surface area (Å²) in [6.07, 6.45) is 3.34. The first-order valence-electron chi connectivity index (χ1n) is 7.65. The van der Waals surface area contributed by atoms with Crippen molar-refractivity contribution in [2.75, 3.05) is 0 Å². The highest BCUT2D eigenvalue weighted by atomic mass is 35.5. The van der Waals surface area contributed by atoms with Crippen LogP contribution in [-0.4, -0.2) is 33.1 Å². The van der Waals surface area contributed by atoms with Crippen molar-refractivity contribution < 1.29 is 9.31 Å². The molecule has 0 aliphatic carbocycles.